The summed E-state index contributed by atoms with van der Waals surface area (Å²) >= 11 is 5.86. The number of aromatic nitrogens is 2. The van der Waals surface area contributed by atoms with Crippen LogP contribution in [0.3, 0.4) is 0 Å². The molecule has 3 aliphatic heterocycles. The SMILES string of the molecule is COC[C@@H]1CCCN1CC12CCC(NC(=O)C(=O)N(C)C)(CC1)c1nc(C(=O)NCc3cccc(Cl)c3F)c(O)c(=O)n1C2. The van der Waals surface area contributed by atoms with Crippen molar-refractivity contribution in [1.29, 1.82) is 0 Å². The fourth-order valence-electron chi connectivity index (χ4n) is 6.86. The third-order valence-corrected chi connectivity index (χ3v) is 9.56. The molecule has 3 N–H and O–H groups in total. The van der Waals surface area contributed by atoms with Crippen LogP contribution in [0.1, 0.15) is 60.4 Å². The first-order chi connectivity index (χ1) is 20.9. The van der Waals surface area contributed by atoms with Crippen molar-refractivity contribution < 1.29 is 28.6 Å². The summed E-state index contributed by atoms with van der Waals surface area (Å²) < 4.78 is 21.2. The van der Waals surface area contributed by atoms with Gasteiger partial charge in [0.05, 0.1) is 17.2 Å². The van der Waals surface area contributed by atoms with E-state index in [-0.39, 0.29) is 41.0 Å². The second kappa shape index (κ2) is 12.4. The zero-order valence-corrected chi connectivity index (χ0v) is 25.9. The average molecular weight is 633 g/mol. The van der Waals surface area contributed by atoms with Crippen LogP contribution >= 0.6 is 11.6 Å². The Labute approximate surface area is 259 Å². The second-order valence-electron chi connectivity index (χ2n) is 12.4. The number of carbonyl (C=O) groups excluding carboxylic acids is 3. The molecular formula is C30H38ClFN6O6. The van der Waals surface area contributed by atoms with Gasteiger partial charge in [0.2, 0.25) is 5.75 Å². The van der Waals surface area contributed by atoms with Crippen molar-refractivity contribution in [1.82, 2.24) is 30.0 Å². The van der Waals surface area contributed by atoms with Crippen LogP contribution in [0.15, 0.2) is 23.0 Å². The minimum atomic E-state index is -1.24. The molecule has 2 fully saturated rings. The van der Waals surface area contributed by atoms with E-state index in [1.807, 2.05) is 0 Å². The minimum Gasteiger partial charge on any atom is -0.501 e. The van der Waals surface area contributed by atoms with Crippen LogP contribution in [0.5, 0.6) is 5.75 Å². The first-order valence-corrected chi connectivity index (χ1v) is 15.1. The van der Waals surface area contributed by atoms with Gasteiger partial charge in [0.25, 0.3) is 11.5 Å². The highest BCUT2D eigenvalue weighted by Crippen LogP contribution is 2.50. The van der Waals surface area contributed by atoms with Gasteiger partial charge in [0, 0.05) is 57.9 Å². The van der Waals surface area contributed by atoms with Crippen molar-refractivity contribution in [3.8, 4) is 5.75 Å². The second-order valence-corrected chi connectivity index (χ2v) is 12.8. The van der Waals surface area contributed by atoms with Gasteiger partial charge >= 0.3 is 11.8 Å². The molecule has 1 aromatic carbocycles. The molecule has 238 valence electrons. The van der Waals surface area contributed by atoms with Crippen LogP contribution in [0.2, 0.25) is 5.02 Å². The molecule has 1 aliphatic carbocycles. The van der Waals surface area contributed by atoms with Gasteiger partial charge in [-0.25, -0.2) is 9.37 Å². The maximum absolute atomic E-state index is 14.4. The number of halogens is 2. The third-order valence-electron chi connectivity index (χ3n) is 9.27. The Morgan fingerprint density at radius 3 is 2.64 bits per heavy atom. The van der Waals surface area contributed by atoms with Crippen molar-refractivity contribution in [2.75, 3.05) is 40.9 Å². The largest absolute Gasteiger partial charge is 0.501 e. The maximum Gasteiger partial charge on any atom is 0.311 e. The quantitative estimate of drug-likeness (QED) is 0.373. The maximum atomic E-state index is 14.4. The number of nitrogens with zero attached hydrogens (tertiary/aromatic N) is 4. The van der Waals surface area contributed by atoms with Crippen LogP contribution in [0, 0.1) is 11.2 Å². The van der Waals surface area contributed by atoms with Crippen LogP contribution in [-0.4, -0.2) is 89.1 Å². The first-order valence-electron chi connectivity index (χ1n) is 14.7. The molecule has 44 heavy (non-hydrogen) atoms. The lowest BCUT2D eigenvalue weighted by Gasteiger charge is -2.44. The number of benzene rings is 1. The highest BCUT2D eigenvalue weighted by molar-refractivity contribution is 6.35. The lowest BCUT2D eigenvalue weighted by atomic mass is 9.68. The fraction of sp³-hybridized carbons (Fsp3) is 0.567. The summed E-state index contributed by atoms with van der Waals surface area (Å²) in [7, 11) is 4.60. The van der Waals surface area contributed by atoms with E-state index in [2.05, 4.69) is 20.5 Å². The average Bonchev–Trinajstić information content (AvgIpc) is 3.32. The number of aromatic hydroxyl groups is 1. The topological polar surface area (TPSA) is 146 Å². The molecule has 4 aliphatic rings. The van der Waals surface area contributed by atoms with Gasteiger partial charge in [0.1, 0.15) is 11.6 Å². The van der Waals surface area contributed by atoms with E-state index >= 15 is 0 Å². The van der Waals surface area contributed by atoms with Crippen LogP contribution in [0.25, 0.3) is 0 Å². The number of fused-ring (bicyclic) bond motifs is 2. The number of likely N-dealkylation sites (tertiary alicyclic amines) is 1. The molecule has 4 heterocycles. The molecule has 0 unspecified atom stereocenters. The lowest BCUT2D eigenvalue weighted by molar-refractivity contribution is -0.145. The number of carbonyl (C=O) groups is 3. The Kier molecular flexibility index (Phi) is 9.01. The summed E-state index contributed by atoms with van der Waals surface area (Å²) in [6, 6.07) is 4.61. The van der Waals surface area contributed by atoms with Gasteiger partial charge in [-0.3, -0.25) is 28.6 Å². The number of likely N-dealkylation sites (N-methyl/N-ethyl adjacent to an activating group) is 1. The molecule has 6 rings (SSSR count). The van der Waals surface area contributed by atoms with E-state index in [0.717, 1.165) is 24.3 Å². The normalized spacial score (nSPS) is 24.4. The molecule has 3 amide bonds. The number of amides is 3. The van der Waals surface area contributed by atoms with E-state index in [4.69, 9.17) is 16.3 Å². The van der Waals surface area contributed by atoms with Crippen molar-refractivity contribution in [3.05, 3.63) is 56.5 Å². The lowest BCUT2D eigenvalue weighted by Crippen LogP contribution is -2.54. The Morgan fingerprint density at radius 2 is 1.95 bits per heavy atom. The van der Waals surface area contributed by atoms with Crippen LogP contribution in [0.4, 0.5) is 4.39 Å². The van der Waals surface area contributed by atoms with E-state index in [1.165, 1.54) is 36.9 Å². The zero-order valence-electron chi connectivity index (χ0n) is 25.1. The molecule has 1 atom stereocenters. The van der Waals surface area contributed by atoms with E-state index in [0.29, 0.717) is 38.8 Å². The van der Waals surface area contributed by atoms with Crippen molar-refractivity contribution in [3.63, 3.8) is 0 Å². The fourth-order valence-corrected chi connectivity index (χ4v) is 7.06. The summed E-state index contributed by atoms with van der Waals surface area (Å²) in [4.78, 5) is 60.8. The number of ether oxygens (including phenoxy) is 1. The van der Waals surface area contributed by atoms with Crippen molar-refractivity contribution >= 4 is 29.3 Å². The molecule has 12 nitrogen and oxygen atoms in total. The zero-order chi connectivity index (χ0) is 31.8. The molecule has 2 bridgehead atoms. The van der Waals surface area contributed by atoms with Gasteiger partial charge < -0.3 is 25.4 Å². The van der Waals surface area contributed by atoms with E-state index in [1.54, 1.807) is 7.11 Å². The summed E-state index contributed by atoms with van der Waals surface area (Å²) in [6.07, 6.45) is 4.00. The Hall–Kier alpha value is -3.55. The van der Waals surface area contributed by atoms with Gasteiger partial charge in [-0.1, -0.05) is 23.7 Å². The number of hydrogen-bond donors (Lipinski definition) is 3. The summed E-state index contributed by atoms with van der Waals surface area (Å²) in [5, 5.41) is 16.2. The molecule has 0 spiro atoms. The molecular weight excluding hydrogens is 595 g/mol. The molecule has 1 saturated heterocycles. The molecule has 14 heteroatoms. The summed E-state index contributed by atoms with van der Waals surface area (Å²) in [5.74, 6) is -3.98. The minimum absolute atomic E-state index is 0.105. The van der Waals surface area contributed by atoms with Gasteiger partial charge in [-0.05, 0) is 51.1 Å². The monoisotopic (exact) mass is 632 g/mol. The predicted octanol–water partition coefficient (Wildman–Crippen LogP) is 1.76. The molecule has 2 aromatic rings. The Bertz CT molecular complexity index is 1520. The van der Waals surface area contributed by atoms with Gasteiger partial charge in [-0.2, -0.15) is 0 Å². The number of nitrogens with one attached hydrogen (secondary N) is 2. The van der Waals surface area contributed by atoms with Crippen LogP contribution in [-0.2, 0) is 33.0 Å². The number of rotatable bonds is 8. The summed E-state index contributed by atoms with van der Waals surface area (Å²) in [5.41, 5.74) is -2.88. The van der Waals surface area contributed by atoms with Crippen LogP contribution < -0.4 is 16.2 Å². The standard InChI is InChI=1S/C30H38ClFN6O6/c1-36(2)27(43)25(41)35-30-11-9-29(10-12-30,16-37-13-5-7-19(37)15-44-3)17-38-26(42)23(39)22(34-28(30)38)24(40)33-14-18-6-4-8-20(31)21(18)32/h4,6,8,19,39H,5,7,9-17H2,1-3H3,(H,33,40)(H,35,41)/t19-,29?,30?/m0/s1. The summed E-state index contributed by atoms with van der Waals surface area (Å²) in [6.45, 7) is 2.12. The first kappa shape index (κ1) is 31.9. The van der Waals surface area contributed by atoms with E-state index in [9.17, 15) is 28.7 Å². The Balaban J connectivity index is 1.53. The molecule has 1 aromatic heterocycles. The third kappa shape index (κ3) is 5.92. The molecule has 0 radical (unpaired) electrons. The smallest absolute Gasteiger partial charge is 0.311 e. The molecule has 1 saturated carbocycles. The number of methoxy groups -OCH3 is 1. The van der Waals surface area contributed by atoms with Crippen molar-refractivity contribution in [2.24, 2.45) is 5.41 Å². The predicted molar refractivity (Wildman–Crippen MR) is 159 cm³/mol. The Morgan fingerprint density at radius 1 is 1.23 bits per heavy atom. The number of hydrogen-bond acceptors (Lipinski definition) is 8. The highest BCUT2D eigenvalue weighted by Gasteiger charge is 2.53. The van der Waals surface area contributed by atoms with E-state index < -0.39 is 46.1 Å². The van der Waals surface area contributed by atoms with Gasteiger partial charge in [0.15, 0.2) is 5.69 Å². The van der Waals surface area contributed by atoms with Crippen molar-refractivity contribution in [2.45, 2.75) is 63.2 Å². The van der Waals surface area contributed by atoms with Gasteiger partial charge in [-0.15, -0.1) is 0 Å². The highest BCUT2D eigenvalue weighted by atomic mass is 35.5.